The number of carbonyl (C=O) groups excluding carboxylic acids is 1. The summed E-state index contributed by atoms with van der Waals surface area (Å²) in [6, 6.07) is 7.00. The third-order valence-corrected chi connectivity index (χ3v) is 4.04. The van der Waals surface area contributed by atoms with Crippen molar-refractivity contribution in [1.29, 1.82) is 0 Å². The molecule has 0 saturated carbocycles. The fourth-order valence-corrected chi connectivity index (χ4v) is 2.76. The van der Waals surface area contributed by atoms with Gasteiger partial charge in [0.25, 0.3) is 0 Å². The van der Waals surface area contributed by atoms with Crippen LogP contribution in [-0.4, -0.2) is 36.1 Å². The molecule has 1 heterocycles. The second-order valence-corrected chi connectivity index (χ2v) is 5.86. The molecule has 1 aromatic heterocycles. The Kier molecular flexibility index (Phi) is 6.27. The number of aryl methyl sites for hydroxylation is 2. The zero-order chi connectivity index (χ0) is 18.4. The summed E-state index contributed by atoms with van der Waals surface area (Å²) in [6.07, 6.45) is 0. The van der Waals surface area contributed by atoms with Gasteiger partial charge in [0.05, 0.1) is 25.4 Å². The molecule has 0 saturated heterocycles. The van der Waals surface area contributed by atoms with Gasteiger partial charge in [-0.1, -0.05) is 6.07 Å². The van der Waals surface area contributed by atoms with Gasteiger partial charge in [0.15, 0.2) is 0 Å². The molecule has 1 unspecified atom stereocenters. The number of rotatable bonds is 7. The molecule has 0 spiro atoms. The Labute approximate surface area is 148 Å². The lowest BCUT2D eigenvalue weighted by Gasteiger charge is -2.16. The third kappa shape index (κ3) is 4.89. The first-order valence-electron chi connectivity index (χ1n) is 8.23. The van der Waals surface area contributed by atoms with E-state index in [1.54, 1.807) is 13.2 Å². The molecule has 0 bridgehead atoms. The standard InChI is InChI=1S/C18H26N4O3/c1-12(17-13(2)21-22(4)14(17)3)20-18(23)19-9-10-25-16-8-6-7-15(11-16)24-5/h6-8,11-12H,9-10H2,1-5H3,(H2,19,20,23). The second kappa shape index (κ2) is 8.41. The Balaban J connectivity index is 1.77. The third-order valence-electron chi connectivity index (χ3n) is 4.04. The lowest BCUT2D eigenvalue weighted by molar-refractivity contribution is 0.233. The summed E-state index contributed by atoms with van der Waals surface area (Å²) in [5.74, 6) is 1.44. The van der Waals surface area contributed by atoms with E-state index >= 15 is 0 Å². The molecule has 136 valence electrons. The molecule has 2 aromatic rings. The fourth-order valence-electron chi connectivity index (χ4n) is 2.76. The van der Waals surface area contributed by atoms with E-state index in [9.17, 15) is 4.79 Å². The van der Waals surface area contributed by atoms with Crippen molar-refractivity contribution in [2.75, 3.05) is 20.3 Å². The molecule has 0 aliphatic heterocycles. The van der Waals surface area contributed by atoms with Gasteiger partial charge in [0.1, 0.15) is 18.1 Å². The maximum atomic E-state index is 12.0. The topological polar surface area (TPSA) is 77.4 Å². The molecule has 7 nitrogen and oxygen atoms in total. The largest absolute Gasteiger partial charge is 0.497 e. The quantitative estimate of drug-likeness (QED) is 0.755. The number of nitrogens with one attached hydrogen (secondary N) is 2. The molecule has 0 radical (unpaired) electrons. The number of aromatic nitrogens is 2. The zero-order valence-corrected chi connectivity index (χ0v) is 15.4. The van der Waals surface area contributed by atoms with Gasteiger partial charge in [0, 0.05) is 24.4 Å². The molecule has 0 aliphatic carbocycles. The number of carbonyl (C=O) groups is 1. The number of methoxy groups -OCH3 is 1. The maximum Gasteiger partial charge on any atom is 0.315 e. The number of nitrogens with zero attached hydrogens (tertiary/aromatic N) is 2. The minimum atomic E-state index is -0.232. The molecular weight excluding hydrogens is 320 g/mol. The monoisotopic (exact) mass is 346 g/mol. The molecule has 2 amide bonds. The van der Waals surface area contributed by atoms with Crippen molar-refractivity contribution in [3.8, 4) is 11.5 Å². The van der Waals surface area contributed by atoms with Crippen molar-refractivity contribution in [2.24, 2.45) is 7.05 Å². The second-order valence-electron chi connectivity index (χ2n) is 5.86. The predicted molar refractivity (Wildman–Crippen MR) is 96.1 cm³/mol. The van der Waals surface area contributed by atoms with Crippen molar-refractivity contribution < 1.29 is 14.3 Å². The molecule has 0 fully saturated rings. The van der Waals surface area contributed by atoms with Gasteiger partial charge in [-0.05, 0) is 32.9 Å². The summed E-state index contributed by atoms with van der Waals surface area (Å²) in [5.41, 5.74) is 3.02. The van der Waals surface area contributed by atoms with Gasteiger partial charge >= 0.3 is 6.03 Å². The molecule has 2 rings (SSSR count). The highest BCUT2D eigenvalue weighted by Crippen LogP contribution is 2.20. The van der Waals surface area contributed by atoms with Crippen molar-refractivity contribution in [3.05, 3.63) is 41.2 Å². The SMILES string of the molecule is COc1cccc(OCCNC(=O)NC(C)c2c(C)nn(C)c2C)c1. The molecule has 25 heavy (non-hydrogen) atoms. The van der Waals surface area contributed by atoms with Crippen LogP contribution in [0.1, 0.15) is 29.9 Å². The lowest BCUT2D eigenvalue weighted by Crippen LogP contribution is -2.39. The number of hydrogen-bond acceptors (Lipinski definition) is 4. The number of ether oxygens (including phenoxy) is 2. The highest BCUT2D eigenvalue weighted by molar-refractivity contribution is 5.74. The van der Waals surface area contributed by atoms with Gasteiger partial charge < -0.3 is 20.1 Å². The minimum absolute atomic E-state index is 0.118. The van der Waals surface area contributed by atoms with Crippen LogP contribution < -0.4 is 20.1 Å². The van der Waals surface area contributed by atoms with Crippen LogP contribution in [0.25, 0.3) is 0 Å². The van der Waals surface area contributed by atoms with E-state index in [0.717, 1.165) is 22.7 Å². The van der Waals surface area contributed by atoms with Gasteiger partial charge in [-0.15, -0.1) is 0 Å². The predicted octanol–water partition coefficient (Wildman–Crippen LogP) is 2.48. The zero-order valence-electron chi connectivity index (χ0n) is 15.4. The Bertz CT molecular complexity index is 727. The Morgan fingerprint density at radius 1 is 1.32 bits per heavy atom. The van der Waals surface area contributed by atoms with Crippen molar-refractivity contribution in [1.82, 2.24) is 20.4 Å². The number of benzene rings is 1. The lowest BCUT2D eigenvalue weighted by atomic mass is 10.1. The smallest absolute Gasteiger partial charge is 0.315 e. The summed E-state index contributed by atoms with van der Waals surface area (Å²) < 4.78 is 12.6. The van der Waals surface area contributed by atoms with Crippen LogP contribution in [0.4, 0.5) is 4.79 Å². The van der Waals surface area contributed by atoms with Crippen molar-refractivity contribution in [3.63, 3.8) is 0 Å². The molecule has 1 aromatic carbocycles. The Morgan fingerprint density at radius 2 is 2.04 bits per heavy atom. The van der Waals surface area contributed by atoms with E-state index in [1.807, 2.05) is 50.7 Å². The van der Waals surface area contributed by atoms with E-state index < -0.39 is 0 Å². The van der Waals surface area contributed by atoms with E-state index in [2.05, 4.69) is 15.7 Å². The van der Waals surface area contributed by atoms with E-state index in [-0.39, 0.29) is 12.1 Å². The average Bonchev–Trinajstić information content (AvgIpc) is 2.84. The fraction of sp³-hybridized carbons (Fsp3) is 0.444. The summed E-state index contributed by atoms with van der Waals surface area (Å²) in [5, 5.41) is 10.1. The first-order valence-corrected chi connectivity index (χ1v) is 8.23. The van der Waals surface area contributed by atoms with Crippen molar-refractivity contribution >= 4 is 6.03 Å². The van der Waals surface area contributed by atoms with Gasteiger partial charge in [-0.2, -0.15) is 5.10 Å². The average molecular weight is 346 g/mol. The van der Waals surface area contributed by atoms with Crippen LogP contribution in [0.15, 0.2) is 24.3 Å². The van der Waals surface area contributed by atoms with Crippen LogP contribution in [0.5, 0.6) is 11.5 Å². The maximum absolute atomic E-state index is 12.0. The Hall–Kier alpha value is -2.70. The molecular formula is C18H26N4O3. The van der Waals surface area contributed by atoms with Crippen molar-refractivity contribution in [2.45, 2.75) is 26.8 Å². The van der Waals surface area contributed by atoms with Crippen LogP contribution in [-0.2, 0) is 7.05 Å². The van der Waals surface area contributed by atoms with Crippen LogP contribution in [0.2, 0.25) is 0 Å². The molecule has 2 N–H and O–H groups in total. The molecule has 0 aliphatic rings. The molecule has 7 heteroatoms. The van der Waals surface area contributed by atoms with E-state index in [1.165, 1.54) is 0 Å². The first-order chi connectivity index (χ1) is 11.9. The summed E-state index contributed by atoms with van der Waals surface area (Å²) in [7, 11) is 3.51. The number of amides is 2. The summed E-state index contributed by atoms with van der Waals surface area (Å²) in [6.45, 7) is 6.66. The Morgan fingerprint density at radius 3 is 2.68 bits per heavy atom. The highest BCUT2D eigenvalue weighted by Gasteiger charge is 2.17. The number of hydrogen-bond donors (Lipinski definition) is 2. The molecule has 1 atom stereocenters. The summed E-state index contributed by atoms with van der Waals surface area (Å²) in [4.78, 5) is 12.0. The van der Waals surface area contributed by atoms with Crippen LogP contribution in [0.3, 0.4) is 0 Å². The normalized spacial score (nSPS) is 11.7. The van der Waals surface area contributed by atoms with Crippen LogP contribution in [0, 0.1) is 13.8 Å². The summed E-state index contributed by atoms with van der Waals surface area (Å²) >= 11 is 0. The highest BCUT2D eigenvalue weighted by atomic mass is 16.5. The van der Waals surface area contributed by atoms with Gasteiger partial charge in [-0.25, -0.2) is 4.79 Å². The minimum Gasteiger partial charge on any atom is -0.497 e. The van der Waals surface area contributed by atoms with E-state index in [4.69, 9.17) is 9.47 Å². The van der Waals surface area contributed by atoms with Crippen LogP contribution >= 0.6 is 0 Å². The van der Waals surface area contributed by atoms with Gasteiger partial charge in [0.2, 0.25) is 0 Å². The first kappa shape index (κ1) is 18.6. The van der Waals surface area contributed by atoms with Gasteiger partial charge in [-0.3, -0.25) is 4.68 Å². The van der Waals surface area contributed by atoms with E-state index in [0.29, 0.717) is 18.9 Å². The number of urea groups is 1.